The Labute approximate surface area is 175 Å². The number of methoxy groups -OCH3 is 1. The van der Waals surface area contributed by atoms with Crippen LogP contribution in [0.1, 0.15) is 43.7 Å². The summed E-state index contributed by atoms with van der Waals surface area (Å²) in [6.45, 7) is 5.66. The standard InChI is InChI=1S/C21H31F3N4O2/c1-3-25-20(26-12-5-4-6-19(29)30-2)27-18-11-13-28(15-18)14-16-7-9-17(10-8-16)21(22,23)24/h7-10,18H,3-6,11-15H2,1-2H3,(H2,25,26,27). The van der Waals surface area contributed by atoms with Crippen molar-refractivity contribution in [2.45, 2.75) is 51.4 Å². The minimum absolute atomic E-state index is 0.205. The molecule has 1 fully saturated rings. The van der Waals surface area contributed by atoms with Gasteiger partial charge in [0.1, 0.15) is 0 Å². The molecule has 2 N–H and O–H groups in total. The average molecular weight is 428 g/mol. The van der Waals surface area contributed by atoms with Crippen LogP contribution in [0, 0.1) is 0 Å². The van der Waals surface area contributed by atoms with Crippen molar-refractivity contribution in [2.24, 2.45) is 4.99 Å². The van der Waals surface area contributed by atoms with Crippen LogP contribution in [-0.4, -0.2) is 56.2 Å². The van der Waals surface area contributed by atoms with Crippen molar-refractivity contribution in [2.75, 3.05) is 33.3 Å². The number of esters is 1. The number of carbonyl (C=O) groups is 1. The first-order valence-corrected chi connectivity index (χ1v) is 10.3. The van der Waals surface area contributed by atoms with Crippen LogP contribution in [0.5, 0.6) is 0 Å². The minimum Gasteiger partial charge on any atom is -0.469 e. The molecule has 0 aliphatic carbocycles. The summed E-state index contributed by atoms with van der Waals surface area (Å²) in [6, 6.07) is 5.59. The largest absolute Gasteiger partial charge is 0.469 e. The topological polar surface area (TPSA) is 66.0 Å². The van der Waals surface area contributed by atoms with Crippen LogP contribution >= 0.6 is 0 Å². The van der Waals surface area contributed by atoms with Gasteiger partial charge in [-0.3, -0.25) is 14.7 Å². The number of guanidine groups is 1. The molecule has 0 aromatic heterocycles. The minimum atomic E-state index is -4.30. The maximum Gasteiger partial charge on any atom is 0.416 e. The molecule has 2 rings (SSSR count). The molecule has 30 heavy (non-hydrogen) atoms. The van der Waals surface area contributed by atoms with E-state index in [2.05, 4.69) is 25.3 Å². The number of carbonyl (C=O) groups excluding carboxylic acids is 1. The van der Waals surface area contributed by atoms with Gasteiger partial charge in [-0.2, -0.15) is 13.2 Å². The first-order chi connectivity index (χ1) is 14.3. The van der Waals surface area contributed by atoms with Crippen molar-refractivity contribution < 1.29 is 22.7 Å². The molecule has 1 aliphatic heterocycles. The number of nitrogens with one attached hydrogen (secondary N) is 2. The van der Waals surface area contributed by atoms with Crippen LogP contribution in [-0.2, 0) is 22.3 Å². The quantitative estimate of drug-likeness (QED) is 0.274. The van der Waals surface area contributed by atoms with Crippen molar-refractivity contribution in [3.63, 3.8) is 0 Å². The van der Waals surface area contributed by atoms with Crippen molar-refractivity contribution in [1.29, 1.82) is 0 Å². The highest BCUT2D eigenvalue weighted by atomic mass is 19.4. The zero-order valence-corrected chi connectivity index (χ0v) is 17.6. The third kappa shape index (κ3) is 8.22. The number of benzene rings is 1. The summed E-state index contributed by atoms with van der Waals surface area (Å²) in [7, 11) is 1.39. The van der Waals surface area contributed by atoms with Gasteiger partial charge in [0.15, 0.2) is 5.96 Å². The molecule has 1 atom stereocenters. The monoisotopic (exact) mass is 428 g/mol. The number of hydrogen-bond acceptors (Lipinski definition) is 4. The molecule has 1 aromatic rings. The summed E-state index contributed by atoms with van der Waals surface area (Å²) in [4.78, 5) is 17.9. The summed E-state index contributed by atoms with van der Waals surface area (Å²) in [5.74, 6) is 0.542. The van der Waals surface area contributed by atoms with Crippen LogP contribution in [0.4, 0.5) is 13.2 Å². The van der Waals surface area contributed by atoms with Crippen LogP contribution in [0.25, 0.3) is 0 Å². The number of hydrogen-bond donors (Lipinski definition) is 2. The molecule has 6 nitrogen and oxygen atoms in total. The van der Waals surface area contributed by atoms with Gasteiger partial charge in [0, 0.05) is 45.2 Å². The van der Waals surface area contributed by atoms with Crippen molar-refractivity contribution >= 4 is 11.9 Å². The fourth-order valence-corrected chi connectivity index (χ4v) is 3.34. The molecule has 1 unspecified atom stereocenters. The van der Waals surface area contributed by atoms with Crippen molar-refractivity contribution in [3.05, 3.63) is 35.4 Å². The van der Waals surface area contributed by atoms with E-state index in [-0.39, 0.29) is 12.0 Å². The smallest absolute Gasteiger partial charge is 0.416 e. The lowest BCUT2D eigenvalue weighted by Gasteiger charge is -2.19. The Kier molecular flexibility index (Phi) is 9.42. The Morgan fingerprint density at radius 2 is 2.00 bits per heavy atom. The van der Waals surface area contributed by atoms with E-state index in [1.165, 1.54) is 7.11 Å². The van der Waals surface area contributed by atoms with Crippen molar-refractivity contribution in [3.8, 4) is 0 Å². The van der Waals surface area contributed by atoms with Crippen LogP contribution in [0.3, 0.4) is 0 Å². The predicted molar refractivity (Wildman–Crippen MR) is 110 cm³/mol. The molecule has 1 aromatic carbocycles. The third-order valence-electron chi connectivity index (χ3n) is 4.93. The summed E-state index contributed by atoms with van der Waals surface area (Å²) in [5.41, 5.74) is 0.250. The van der Waals surface area contributed by atoms with Crippen LogP contribution in [0.2, 0.25) is 0 Å². The van der Waals surface area contributed by atoms with E-state index in [1.54, 1.807) is 12.1 Å². The van der Waals surface area contributed by atoms with Gasteiger partial charge >= 0.3 is 12.1 Å². The number of unbranched alkanes of at least 4 members (excludes halogenated alkanes) is 1. The second-order valence-corrected chi connectivity index (χ2v) is 7.35. The lowest BCUT2D eigenvalue weighted by atomic mass is 10.1. The van der Waals surface area contributed by atoms with E-state index in [0.29, 0.717) is 19.5 Å². The van der Waals surface area contributed by atoms with Gasteiger partial charge in [-0.25, -0.2) is 0 Å². The summed E-state index contributed by atoms with van der Waals surface area (Å²) < 4.78 is 42.7. The lowest BCUT2D eigenvalue weighted by Crippen LogP contribution is -2.44. The molecule has 1 aliphatic rings. The molecule has 0 radical (unpaired) electrons. The Morgan fingerprint density at radius 1 is 1.27 bits per heavy atom. The molecule has 1 heterocycles. The number of halogens is 3. The third-order valence-corrected chi connectivity index (χ3v) is 4.93. The number of rotatable bonds is 9. The fourth-order valence-electron chi connectivity index (χ4n) is 3.34. The first-order valence-electron chi connectivity index (χ1n) is 10.3. The van der Waals surface area contributed by atoms with Crippen molar-refractivity contribution in [1.82, 2.24) is 15.5 Å². The van der Waals surface area contributed by atoms with Gasteiger partial charge in [0.25, 0.3) is 0 Å². The van der Waals surface area contributed by atoms with Gasteiger partial charge in [-0.1, -0.05) is 12.1 Å². The molecule has 1 saturated heterocycles. The van der Waals surface area contributed by atoms with Gasteiger partial charge in [0.05, 0.1) is 12.7 Å². The molecular weight excluding hydrogens is 397 g/mol. The molecule has 168 valence electrons. The van der Waals surface area contributed by atoms with Crippen LogP contribution < -0.4 is 10.6 Å². The summed E-state index contributed by atoms with van der Waals surface area (Å²) >= 11 is 0. The highest BCUT2D eigenvalue weighted by Gasteiger charge is 2.30. The molecule has 0 bridgehead atoms. The van der Waals surface area contributed by atoms with E-state index in [0.717, 1.165) is 62.6 Å². The summed E-state index contributed by atoms with van der Waals surface area (Å²) in [6.07, 6.45) is -1.43. The van der Waals surface area contributed by atoms with Gasteiger partial charge < -0.3 is 15.4 Å². The predicted octanol–water partition coefficient (Wildman–Crippen LogP) is 3.18. The van der Waals surface area contributed by atoms with Gasteiger partial charge in [-0.15, -0.1) is 0 Å². The lowest BCUT2D eigenvalue weighted by molar-refractivity contribution is -0.140. The molecule has 0 amide bonds. The van der Waals surface area contributed by atoms with Gasteiger partial charge in [0.2, 0.25) is 0 Å². The average Bonchev–Trinajstić information content (AvgIpc) is 3.14. The highest BCUT2D eigenvalue weighted by Crippen LogP contribution is 2.29. The second kappa shape index (κ2) is 11.8. The normalized spacial score (nSPS) is 17.8. The second-order valence-electron chi connectivity index (χ2n) is 7.35. The van der Waals surface area contributed by atoms with E-state index < -0.39 is 11.7 Å². The Morgan fingerprint density at radius 3 is 2.63 bits per heavy atom. The number of nitrogens with zero attached hydrogens (tertiary/aromatic N) is 2. The van der Waals surface area contributed by atoms with E-state index in [9.17, 15) is 18.0 Å². The maximum atomic E-state index is 12.7. The van der Waals surface area contributed by atoms with E-state index in [4.69, 9.17) is 0 Å². The number of alkyl halides is 3. The molecular formula is C21H31F3N4O2. The van der Waals surface area contributed by atoms with Crippen LogP contribution in [0.15, 0.2) is 29.3 Å². The highest BCUT2D eigenvalue weighted by molar-refractivity contribution is 5.80. The number of ether oxygens (including phenoxy) is 1. The number of likely N-dealkylation sites (tertiary alicyclic amines) is 1. The first kappa shape index (κ1) is 24.0. The summed E-state index contributed by atoms with van der Waals surface area (Å²) in [5, 5.41) is 6.66. The van der Waals surface area contributed by atoms with Gasteiger partial charge in [-0.05, 0) is 43.9 Å². The zero-order valence-electron chi connectivity index (χ0n) is 17.6. The molecule has 0 saturated carbocycles. The van der Waals surface area contributed by atoms with E-state index in [1.807, 2.05) is 6.92 Å². The molecule has 9 heteroatoms. The van der Waals surface area contributed by atoms with E-state index >= 15 is 0 Å². The number of aliphatic imine (C=N–C) groups is 1. The maximum absolute atomic E-state index is 12.7. The Hall–Kier alpha value is -2.29. The Bertz CT molecular complexity index is 692. The zero-order chi connectivity index (χ0) is 22.0. The Balaban J connectivity index is 1.78. The SMILES string of the molecule is CCNC(=NCCCCC(=O)OC)NC1CCN(Cc2ccc(C(F)(F)F)cc2)C1. The fraction of sp³-hybridized carbons (Fsp3) is 0.619. The molecule has 0 spiro atoms.